The van der Waals surface area contributed by atoms with E-state index in [0.717, 1.165) is 22.7 Å². The second-order valence-electron chi connectivity index (χ2n) is 16.1. The minimum Gasteiger partial charge on any atom is -0.464 e. The van der Waals surface area contributed by atoms with E-state index in [1.54, 1.807) is 0 Å². The first-order chi connectivity index (χ1) is 30.2. The van der Waals surface area contributed by atoms with Crippen LogP contribution in [0.15, 0.2) is 212 Å². The average molecular weight is 780 g/mol. The van der Waals surface area contributed by atoms with Gasteiger partial charge in [-0.25, -0.2) is 0 Å². The molecule has 0 amide bonds. The molecule has 0 saturated carbocycles. The molecule has 3 heterocycles. The molecule has 4 nitrogen and oxygen atoms in total. The number of fused-ring (bicyclic) bond motifs is 11. The van der Waals surface area contributed by atoms with Crippen molar-refractivity contribution in [3.63, 3.8) is 0 Å². The second-order valence-corrected chi connectivity index (χ2v) is 16.1. The third kappa shape index (κ3) is 5.25. The maximum Gasteiger partial charge on any atom is 0.196 e. The first kappa shape index (κ1) is 33.8. The lowest BCUT2D eigenvalue weighted by Gasteiger charge is -2.12. The van der Waals surface area contributed by atoms with Crippen molar-refractivity contribution in [2.45, 2.75) is 6.23 Å². The summed E-state index contributed by atoms with van der Waals surface area (Å²) < 4.78 is 11.2. The molecule has 61 heavy (non-hydrogen) atoms. The molecule has 0 spiro atoms. The van der Waals surface area contributed by atoms with Crippen molar-refractivity contribution in [1.82, 2.24) is 9.13 Å². The van der Waals surface area contributed by atoms with Gasteiger partial charge in [0.2, 0.25) is 0 Å². The van der Waals surface area contributed by atoms with Gasteiger partial charge in [-0.15, -0.1) is 0 Å². The summed E-state index contributed by atoms with van der Waals surface area (Å²) in [4.78, 5) is 0. The van der Waals surface area contributed by atoms with Gasteiger partial charge in [-0.2, -0.15) is 0 Å². The van der Waals surface area contributed by atoms with Crippen LogP contribution in [0.25, 0.3) is 98.8 Å². The van der Waals surface area contributed by atoms with Gasteiger partial charge >= 0.3 is 0 Å². The normalized spacial score (nSPS) is 13.7. The highest BCUT2D eigenvalue weighted by Gasteiger charge is 2.26. The summed E-state index contributed by atoms with van der Waals surface area (Å²) in [5.74, 6) is 0.886. The van der Waals surface area contributed by atoms with E-state index in [4.69, 9.17) is 4.74 Å². The maximum atomic E-state index is 6.43. The van der Waals surface area contributed by atoms with Gasteiger partial charge in [-0.3, -0.25) is 0 Å². The van der Waals surface area contributed by atoms with Crippen LogP contribution in [0.1, 0.15) is 11.8 Å². The average Bonchev–Trinajstić information content (AvgIpc) is 4.02. The third-order valence-electron chi connectivity index (χ3n) is 12.7. The molecule has 10 aromatic carbocycles. The molecule has 0 saturated heterocycles. The van der Waals surface area contributed by atoms with Crippen LogP contribution in [0.2, 0.25) is 0 Å². The van der Waals surface area contributed by atoms with E-state index in [1.165, 1.54) is 93.1 Å². The van der Waals surface area contributed by atoms with Gasteiger partial charge < -0.3 is 19.2 Å². The predicted molar refractivity (Wildman–Crippen MR) is 254 cm³/mol. The summed E-state index contributed by atoms with van der Waals surface area (Å²) in [7, 11) is 0. The molecule has 0 fully saturated rings. The van der Waals surface area contributed by atoms with E-state index in [9.17, 15) is 0 Å². The highest BCUT2D eigenvalue weighted by atomic mass is 16.5. The van der Waals surface area contributed by atoms with Crippen molar-refractivity contribution in [3.8, 4) is 39.4 Å². The first-order valence-electron chi connectivity index (χ1n) is 20.9. The predicted octanol–water partition coefficient (Wildman–Crippen LogP) is 15.0. The molecule has 1 aliphatic heterocycles. The second kappa shape index (κ2) is 13.2. The molecule has 1 unspecified atom stereocenters. The number of para-hydroxylation sites is 3. The number of nitrogens with one attached hydrogen (secondary N) is 1. The van der Waals surface area contributed by atoms with Crippen LogP contribution in [0.4, 0.5) is 5.69 Å². The number of hydrogen-bond acceptors (Lipinski definition) is 2. The van der Waals surface area contributed by atoms with Crippen molar-refractivity contribution in [1.29, 1.82) is 0 Å². The van der Waals surface area contributed by atoms with Crippen molar-refractivity contribution in [2.24, 2.45) is 0 Å². The largest absolute Gasteiger partial charge is 0.464 e. The van der Waals surface area contributed by atoms with Crippen molar-refractivity contribution in [2.75, 3.05) is 5.32 Å². The lowest BCUT2D eigenvalue weighted by molar-refractivity contribution is 0.260. The Kier molecular flexibility index (Phi) is 7.33. The summed E-state index contributed by atoms with van der Waals surface area (Å²) in [5.41, 5.74) is 14.0. The van der Waals surface area contributed by atoms with Crippen molar-refractivity contribution >= 4 is 70.8 Å². The summed E-state index contributed by atoms with van der Waals surface area (Å²) in [6.07, 6.45) is -0.217. The topological polar surface area (TPSA) is 31.1 Å². The molecule has 286 valence electrons. The zero-order valence-electron chi connectivity index (χ0n) is 33.1. The van der Waals surface area contributed by atoms with Gasteiger partial charge in [-0.1, -0.05) is 133 Å². The van der Waals surface area contributed by atoms with Gasteiger partial charge in [0, 0.05) is 43.9 Å². The van der Waals surface area contributed by atoms with Gasteiger partial charge in [0.15, 0.2) is 6.23 Å². The fourth-order valence-corrected chi connectivity index (χ4v) is 9.87. The Morgan fingerprint density at radius 3 is 1.46 bits per heavy atom. The van der Waals surface area contributed by atoms with Gasteiger partial charge in [0.1, 0.15) is 5.75 Å². The Hall–Kier alpha value is -8.08. The minimum absolute atomic E-state index is 0.217. The summed E-state index contributed by atoms with van der Waals surface area (Å²) >= 11 is 0. The van der Waals surface area contributed by atoms with E-state index in [0.29, 0.717) is 0 Å². The molecule has 1 N–H and O–H groups in total. The Bertz CT molecular complexity index is 3700. The van der Waals surface area contributed by atoms with Crippen LogP contribution in [0.3, 0.4) is 0 Å². The quantitative estimate of drug-likeness (QED) is 0.176. The molecule has 0 radical (unpaired) electrons. The fourth-order valence-electron chi connectivity index (χ4n) is 9.87. The van der Waals surface area contributed by atoms with Gasteiger partial charge in [0.25, 0.3) is 0 Å². The third-order valence-corrected chi connectivity index (χ3v) is 12.7. The van der Waals surface area contributed by atoms with Gasteiger partial charge in [-0.05, 0) is 117 Å². The van der Waals surface area contributed by atoms with Gasteiger partial charge in [0.05, 0.1) is 27.8 Å². The number of ether oxygens (including phenoxy) is 1. The fraction of sp³-hybridized carbons (Fsp3) is 0.0175. The number of aromatic nitrogens is 2. The van der Waals surface area contributed by atoms with E-state index in [1.807, 2.05) is 6.07 Å². The van der Waals surface area contributed by atoms with E-state index >= 15 is 0 Å². The Morgan fingerprint density at radius 2 is 0.836 bits per heavy atom. The number of hydrogen-bond donors (Lipinski definition) is 1. The number of nitrogens with zero attached hydrogens (tertiary/aromatic N) is 2. The van der Waals surface area contributed by atoms with Crippen molar-refractivity contribution < 1.29 is 4.74 Å². The smallest absolute Gasteiger partial charge is 0.196 e. The van der Waals surface area contributed by atoms with E-state index in [2.05, 4.69) is 221 Å². The van der Waals surface area contributed by atoms with Crippen LogP contribution in [-0.2, 0) is 0 Å². The van der Waals surface area contributed by atoms with E-state index < -0.39 is 0 Å². The first-order valence-corrected chi connectivity index (χ1v) is 20.9. The SMILES string of the molecule is c1ccc(C2Nc3c(ccc4ccc5cc(-c6ccc7c(c6)c6cc(-c8ccc9c(c8)c8ccccc8n9-c8ccccc8)ccc6n7-c6ccccc6)ccc5c34)O2)cc1. The molecule has 1 aliphatic rings. The lowest BCUT2D eigenvalue weighted by atomic mass is 9.95. The van der Waals surface area contributed by atoms with Crippen LogP contribution < -0.4 is 10.1 Å². The van der Waals surface area contributed by atoms with E-state index in [-0.39, 0.29) is 6.23 Å². The monoisotopic (exact) mass is 779 g/mol. The maximum absolute atomic E-state index is 6.43. The molecule has 0 aliphatic carbocycles. The van der Waals surface area contributed by atoms with Crippen LogP contribution >= 0.6 is 0 Å². The molecular formula is C57H37N3O. The number of benzene rings is 10. The molecule has 1 atom stereocenters. The zero-order valence-corrected chi connectivity index (χ0v) is 33.1. The molecule has 13 rings (SSSR count). The molecule has 4 heteroatoms. The lowest BCUT2D eigenvalue weighted by Crippen LogP contribution is -2.09. The molecule has 2 aromatic heterocycles. The van der Waals surface area contributed by atoms with Crippen LogP contribution in [0.5, 0.6) is 5.75 Å². The standard InChI is InChI=1S/C57H37N3O/c1-4-12-37(13-5-1)57-58-56-54(61-57)31-26-36-20-21-42-32-38(22-27-45(42)55(36)56)39-23-29-52-48(34-39)49-35-41(25-30-53(49)60(52)44-16-8-3-9-17-44)40-24-28-51-47(33-40)46-18-10-11-19-50(46)59(51)43-14-6-2-7-15-43/h1-35,57-58H. The Labute approximate surface area is 352 Å². The zero-order chi connectivity index (χ0) is 40.0. The molecular weight excluding hydrogens is 743 g/mol. The summed E-state index contributed by atoms with van der Waals surface area (Å²) in [5, 5.41) is 13.4. The molecule has 0 bridgehead atoms. The minimum atomic E-state index is -0.217. The molecule has 12 aromatic rings. The Morgan fingerprint density at radius 1 is 0.361 bits per heavy atom. The Balaban J connectivity index is 0.953. The number of rotatable bonds is 5. The summed E-state index contributed by atoms with van der Waals surface area (Å²) in [6.45, 7) is 0. The summed E-state index contributed by atoms with van der Waals surface area (Å²) in [6, 6.07) is 77.0. The number of anilines is 1. The van der Waals surface area contributed by atoms with Crippen molar-refractivity contribution in [3.05, 3.63) is 218 Å². The van der Waals surface area contributed by atoms with Crippen LogP contribution in [0, 0.1) is 0 Å². The van der Waals surface area contributed by atoms with Crippen LogP contribution in [-0.4, -0.2) is 9.13 Å². The highest BCUT2D eigenvalue weighted by molar-refractivity contribution is 6.17. The highest BCUT2D eigenvalue weighted by Crippen LogP contribution is 2.46.